The second kappa shape index (κ2) is 6.02. The first-order valence-corrected chi connectivity index (χ1v) is 8.47. The average molecular weight is 279 g/mol. The van der Waals surface area contributed by atoms with Crippen molar-refractivity contribution in [1.82, 2.24) is 15.1 Å². The van der Waals surface area contributed by atoms with E-state index in [4.69, 9.17) is 0 Å². The van der Waals surface area contributed by atoms with Crippen molar-refractivity contribution in [3.63, 3.8) is 0 Å². The molecule has 20 heavy (non-hydrogen) atoms. The Morgan fingerprint density at radius 2 is 2.15 bits per heavy atom. The van der Waals surface area contributed by atoms with Gasteiger partial charge in [-0.15, -0.1) is 0 Å². The highest BCUT2D eigenvalue weighted by molar-refractivity contribution is 5.79. The van der Waals surface area contributed by atoms with Crippen LogP contribution in [0, 0.1) is 5.92 Å². The Balaban J connectivity index is 1.68. The van der Waals surface area contributed by atoms with Crippen LogP contribution >= 0.6 is 0 Å². The summed E-state index contributed by atoms with van der Waals surface area (Å²) in [5.41, 5.74) is 0. The number of hydrogen-bond donors (Lipinski definition) is 1. The minimum Gasteiger partial charge on any atom is -0.337 e. The summed E-state index contributed by atoms with van der Waals surface area (Å²) in [4.78, 5) is 17.8. The average Bonchev–Trinajstić information content (AvgIpc) is 2.92. The third-order valence-electron chi connectivity index (χ3n) is 5.52. The van der Waals surface area contributed by atoms with Crippen LogP contribution in [0.3, 0.4) is 0 Å². The van der Waals surface area contributed by atoms with Crippen LogP contribution in [0.25, 0.3) is 0 Å². The summed E-state index contributed by atoms with van der Waals surface area (Å²) in [7, 11) is 0. The van der Waals surface area contributed by atoms with Crippen molar-refractivity contribution in [3.8, 4) is 0 Å². The van der Waals surface area contributed by atoms with Gasteiger partial charge in [0.15, 0.2) is 0 Å². The summed E-state index contributed by atoms with van der Waals surface area (Å²) in [5.74, 6) is 0.699. The molecule has 3 aliphatic rings. The molecule has 0 aliphatic carbocycles. The van der Waals surface area contributed by atoms with E-state index in [1.165, 1.54) is 19.4 Å². The second-order valence-electron chi connectivity index (χ2n) is 6.92. The van der Waals surface area contributed by atoms with Gasteiger partial charge in [-0.05, 0) is 52.1 Å². The van der Waals surface area contributed by atoms with E-state index in [9.17, 15) is 4.79 Å². The lowest BCUT2D eigenvalue weighted by Crippen LogP contribution is -2.59. The molecule has 3 saturated heterocycles. The smallest absolute Gasteiger partial charge is 0.226 e. The van der Waals surface area contributed by atoms with Gasteiger partial charge < -0.3 is 10.2 Å². The Morgan fingerprint density at radius 3 is 2.90 bits per heavy atom. The molecule has 3 fully saturated rings. The van der Waals surface area contributed by atoms with Crippen molar-refractivity contribution in [2.45, 2.75) is 64.1 Å². The summed E-state index contributed by atoms with van der Waals surface area (Å²) in [6, 6.07) is 1.58. The number of amides is 1. The zero-order valence-electron chi connectivity index (χ0n) is 13.0. The number of nitrogens with zero attached hydrogens (tertiary/aromatic N) is 2. The van der Waals surface area contributed by atoms with Crippen LogP contribution in [0.2, 0.25) is 0 Å². The van der Waals surface area contributed by atoms with Gasteiger partial charge in [0.2, 0.25) is 5.91 Å². The van der Waals surface area contributed by atoms with Gasteiger partial charge in [-0.1, -0.05) is 6.92 Å². The van der Waals surface area contributed by atoms with Crippen molar-refractivity contribution in [3.05, 3.63) is 0 Å². The predicted octanol–water partition coefficient (Wildman–Crippen LogP) is 1.46. The summed E-state index contributed by atoms with van der Waals surface area (Å²) in [6.45, 7) is 8.76. The van der Waals surface area contributed by atoms with Crippen LogP contribution in [0.4, 0.5) is 0 Å². The highest BCUT2D eigenvalue weighted by Crippen LogP contribution is 2.28. The van der Waals surface area contributed by atoms with Crippen molar-refractivity contribution < 1.29 is 4.79 Å². The molecule has 0 saturated carbocycles. The normalized spacial score (nSPS) is 38.8. The molecule has 4 heteroatoms. The van der Waals surface area contributed by atoms with E-state index in [2.05, 4.69) is 29.0 Å². The number of fused-ring (bicyclic) bond motifs is 1. The Hall–Kier alpha value is -0.610. The second-order valence-corrected chi connectivity index (χ2v) is 6.92. The molecule has 4 atom stereocenters. The van der Waals surface area contributed by atoms with Gasteiger partial charge in [-0.3, -0.25) is 9.69 Å². The Bertz CT molecular complexity index is 360. The largest absolute Gasteiger partial charge is 0.337 e. The van der Waals surface area contributed by atoms with E-state index in [0.29, 0.717) is 24.0 Å². The van der Waals surface area contributed by atoms with Gasteiger partial charge in [0.25, 0.3) is 0 Å². The van der Waals surface area contributed by atoms with E-state index < -0.39 is 0 Å². The number of rotatable bonds is 2. The van der Waals surface area contributed by atoms with Crippen LogP contribution in [0.5, 0.6) is 0 Å². The number of hydrogen-bond acceptors (Lipinski definition) is 3. The maximum Gasteiger partial charge on any atom is 0.226 e. The SMILES string of the molecule is CCC1CN2CCCC2CN1C(=O)[C@H]1CCN[C@@H](C)C1. The third kappa shape index (κ3) is 2.73. The molecule has 0 spiro atoms. The molecule has 1 amide bonds. The van der Waals surface area contributed by atoms with Crippen molar-refractivity contribution in [2.24, 2.45) is 5.92 Å². The summed E-state index contributed by atoms with van der Waals surface area (Å²) < 4.78 is 0. The fraction of sp³-hybridized carbons (Fsp3) is 0.938. The third-order valence-corrected chi connectivity index (χ3v) is 5.52. The maximum atomic E-state index is 12.9. The van der Waals surface area contributed by atoms with Crippen molar-refractivity contribution in [2.75, 3.05) is 26.2 Å². The van der Waals surface area contributed by atoms with E-state index in [0.717, 1.165) is 38.9 Å². The Kier molecular flexibility index (Phi) is 4.32. The molecule has 0 bridgehead atoms. The van der Waals surface area contributed by atoms with Crippen molar-refractivity contribution >= 4 is 5.91 Å². The summed E-state index contributed by atoms with van der Waals surface area (Å²) >= 11 is 0. The van der Waals surface area contributed by atoms with Gasteiger partial charge in [0.05, 0.1) is 0 Å². The number of nitrogens with one attached hydrogen (secondary N) is 1. The monoisotopic (exact) mass is 279 g/mol. The molecule has 3 heterocycles. The zero-order valence-corrected chi connectivity index (χ0v) is 13.0. The first-order valence-electron chi connectivity index (χ1n) is 8.47. The van der Waals surface area contributed by atoms with Gasteiger partial charge in [-0.25, -0.2) is 0 Å². The molecule has 1 N–H and O–H groups in total. The molecule has 0 aromatic carbocycles. The van der Waals surface area contributed by atoms with Crippen molar-refractivity contribution in [1.29, 1.82) is 0 Å². The fourth-order valence-electron chi connectivity index (χ4n) is 4.30. The summed E-state index contributed by atoms with van der Waals surface area (Å²) in [6.07, 6.45) is 5.72. The highest BCUT2D eigenvalue weighted by Gasteiger charge is 2.40. The first-order chi connectivity index (χ1) is 9.69. The molecule has 114 valence electrons. The topological polar surface area (TPSA) is 35.6 Å². The van der Waals surface area contributed by atoms with Crippen LogP contribution in [-0.4, -0.2) is 60.0 Å². The number of carbonyl (C=O) groups excluding carboxylic acids is 1. The summed E-state index contributed by atoms with van der Waals surface area (Å²) in [5, 5.41) is 3.45. The molecule has 4 nitrogen and oxygen atoms in total. The molecular formula is C16H29N3O. The zero-order chi connectivity index (χ0) is 14.1. The Morgan fingerprint density at radius 1 is 1.30 bits per heavy atom. The predicted molar refractivity (Wildman–Crippen MR) is 80.6 cm³/mol. The molecule has 2 unspecified atom stereocenters. The lowest BCUT2D eigenvalue weighted by molar-refractivity contribution is -0.143. The van der Waals surface area contributed by atoms with Crippen LogP contribution in [-0.2, 0) is 4.79 Å². The van der Waals surface area contributed by atoms with E-state index >= 15 is 0 Å². The molecule has 3 aliphatic heterocycles. The van der Waals surface area contributed by atoms with Crippen LogP contribution in [0.15, 0.2) is 0 Å². The first kappa shape index (κ1) is 14.3. The standard InChI is InChI=1S/C16H29N3O/c1-3-14-10-18-8-4-5-15(18)11-19(14)16(20)13-6-7-17-12(2)9-13/h12-15,17H,3-11H2,1-2H3/t12-,13-,14?,15?/m0/s1. The minimum absolute atomic E-state index is 0.258. The van der Waals surface area contributed by atoms with Gasteiger partial charge in [0, 0.05) is 37.1 Å². The number of piperidine rings is 1. The van der Waals surface area contributed by atoms with Gasteiger partial charge in [0.1, 0.15) is 0 Å². The minimum atomic E-state index is 0.258. The quantitative estimate of drug-likeness (QED) is 0.831. The molecular weight excluding hydrogens is 250 g/mol. The molecule has 0 radical (unpaired) electrons. The van der Waals surface area contributed by atoms with Gasteiger partial charge in [-0.2, -0.15) is 0 Å². The number of piperazine rings is 1. The molecule has 3 rings (SSSR count). The lowest BCUT2D eigenvalue weighted by Gasteiger charge is -2.45. The maximum absolute atomic E-state index is 12.9. The lowest BCUT2D eigenvalue weighted by atomic mass is 9.90. The fourth-order valence-corrected chi connectivity index (χ4v) is 4.30. The highest BCUT2D eigenvalue weighted by atomic mass is 16.2. The van der Waals surface area contributed by atoms with E-state index in [1.54, 1.807) is 0 Å². The van der Waals surface area contributed by atoms with E-state index in [1.807, 2.05) is 0 Å². The Labute approximate surface area is 122 Å². The molecule has 0 aromatic rings. The molecule has 0 aromatic heterocycles. The van der Waals surface area contributed by atoms with Gasteiger partial charge >= 0.3 is 0 Å². The van der Waals surface area contributed by atoms with E-state index in [-0.39, 0.29) is 5.92 Å². The van der Waals surface area contributed by atoms with Crippen LogP contribution in [0.1, 0.15) is 46.0 Å². The van der Waals surface area contributed by atoms with Crippen LogP contribution < -0.4 is 5.32 Å². The number of carbonyl (C=O) groups is 1.